The van der Waals surface area contributed by atoms with Gasteiger partial charge in [0.1, 0.15) is 18.1 Å². The van der Waals surface area contributed by atoms with Crippen LogP contribution in [0.15, 0.2) is 60.9 Å². The van der Waals surface area contributed by atoms with Gasteiger partial charge in [-0.3, -0.25) is 19.2 Å². The maximum Gasteiger partial charge on any atom is 0.326 e. The highest BCUT2D eigenvalue weighted by Crippen LogP contribution is 2.20. The Bertz CT molecular complexity index is 1640. The monoisotopic (exact) mass is 590 g/mol. The number of hydrogen-bond donors (Lipinski definition) is 8. The summed E-state index contributed by atoms with van der Waals surface area (Å²) < 4.78 is 0. The molecule has 0 bridgehead atoms. The van der Waals surface area contributed by atoms with Gasteiger partial charge in [-0.15, -0.1) is 0 Å². The van der Waals surface area contributed by atoms with Crippen LogP contribution in [0.2, 0.25) is 0 Å². The molecular formula is C30H34N6O7. The fraction of sp³-hybridized carbons (Fsp3) is 0.300. The minimum atomic E-state index is -1.45. The number of benzene rings is 2. The second kappa shape index (κ2) is 13.7. The quantitative estimate of drug-likeness (QED) is 0.106. The van der Waals surface area contributed by atoms with Gasteiger partial charge in [-0.25, -0.2) is 4.79 Å². The molecule has 3 amide bonds. The number of hydrogen-bond acceptors (Lipinski definition) is 6. The van der Waals surface area contributed by atoms with Gasteiger partial charge in [-0.05, 0) is 43.0 Å². The number of carbonyl (C=O) groups is 5. The number of nitrogens with one attached hydrogen (secondary N) is 5. The van der Waals surface area contributed by atoms with Crippen LogP contribution in [-0.2, 0) is 36.8 Å². The lowest BCUT2D eigenvalue weighted by atomic mass is 10.0. The van der Waals surface area contributed by atoms with E-state index in [2.05, 4.69) is 25.9 Å². The number of aromatic nitrogens is 2. The van der Waals surface area contributed by atoms with E-state index in [1.165, 1.54) is 6.92 Å². The molecule has 4 unspecified atom stereocenters. The van der Waals surface area contributed by atoms with Crippen LogP contribution in [0.5, 0.6) is 0 Å². The topological polar surface area (TPSA) is 219 Å². The van der Waals surface area contributed by atoms with Crippen LogP contribution in [0.3, 0.4) is 0 Å². The second-order valence-electron chi connectivity index (χ2n) is 10.4. The van der Waals surface area contributed by atoms with E-state index in [4.69, 9.17) is 10.8 Å². The van der Waals surface area contributed by atoms with Crippen LogP contribution in [-0.4, -0.2) is 74.0 Å². The molecule has 13 heteroatoms. The molecule has 13 nitrogen and oxygen atoms in total. The number of amides is 3. The van der Waals surface area contributed by atoms with Gasteiger partial charge in [-0.1, -0.05) is 36.4 Å². The number of nitrogens with two attached hydrogens (primary N) is 1. The van der Waals surface area contributed by atoms with E-state index in [0.29, 0.717) is 0 Å². The zero-order valence-corrected chi connectivity index (χ0v) is 23.4. The second-order valence-corrected chi connectivity index (χ2v) is 10.4. The Labute approximate surface area is 246 Å². The molecule has 0 spiro atoms. The maximum atomic E-state index is 13.4. The summed E-state index contributed by atoms with van der Waals surface area (Å²) in [4.78, 5) is 68.0. The van der Waals surface area contributed by atoms with Crippen molar-refractivity contribution < 1.29 is 34.2 Å². The van der Waals surface area contributed by atoms with Crippen molar-refractivity contribution in [2.75, 3.05) is 0 Å². The van der Waals surface area contributed by atoms with Gasteiger partial charge in [0.2, 0.25) is 17.7 Å². The lowest BCUT2D eigenvalue weighted by molar-refractivity contribution is -0.143. The van der Waals surface area contributed by atoms with E-state index < -0.39 is 60.2 Å². The molecule has 9 N–H and O–H groups in total. The Morgan fingerprint density at radius 3 is 1.84 bits per heavy atom. The van der Waals surface area contributed by atoms with Gasteiger partial charge >= 0.3 is 11.9 Å². The molecule has 4 atom stereocenters. The molecule has 0 aliphatic carbocycles. The maximum absolute atomic E-state index is 13.4. The number of carboxylic acids is 2. The number of aliphatic carboxylic acids is 2. The smallest absolute Gasteiger partial charge is 0.326 e. The van der Waals surface area contributed by atoms with E-state index in [1.54, 1.807) is 12.4 Å². The third-order valence-corrected chi connectivity index (χ3v) is 7.20. The molecule has 0 radical (unpaired) electrons. The number of para-hydroxylation sites is 2. The van der Waals surface area contributed by atoms with Crippen LogP contribution >= 0.6 is 0 Å². The van der Waals surface area contributed by atoms with E-state index in [9.17, 15) is 29.1 Å². The average molecular weight is 591 g/mol. The van der Waals surface area contributed by atoms with Crippen LogP contribution < -0.4 is 21.7 Å². The summed E-state index contributed by atoms with van der Waals surface area (Å²) in [5, 5.41) is 27.5. The summed E-state index contributed by atoms with van der Waals surface area (Å²) >= 11 is 0. The molecule has 2 heterocycles. The largest absolute Gasteiger partial charge is 0.481 e. The van der Waals surface area contributed by atoms with Crippen molar-refractivity contribution >= 4 is 51.5 Å². The first kappa shape index (κ1) is 30.8. The van der Waals surface area contributed by atoms with Gasteiger partial charge in [0.25, 0.3) is 0 Å². The molecule has 4 aromatic rings. The zero-order valence-electron chi connectivity index (χ0n) is 23.4. The van der Waals surface area contributed by atoms with Crippen molar-refractivity contribution in [3.05, 3.63) is 72.1 Å². The normalized spacial score (nSPS) is 14.0. The van der Waals surface area contributed by atoms with Crippen LogP contribution in [0, 0.1) is 0 Å². The third kappa shape index (κ3) is 7.77. The summed E-state index contributed by atoms with van der Waals surface area (Å²) in [5.74, 6) is -4.68. The molecular weight excluding hydrogens is 556 g/mol. The highest BCUT2D eigenvalue weighted by atomic mass is 16.4. The summed E-state index contributed by atoms with van der Waals surface area (Å²) in [6.07, 6.45) is 3.02. The van der Waals surface area contributed by atoms with Gasteiger partial charge in [0.05, 0.1) is 6.04 Å². The van der Waals surface area contributed by atoms with E-state index in [1.807, 2.05) is 48.5 Å². The Morgan fingerprint density at radius 1 is 0.744 bits per heavy atom. The lowest BCUT2D eigenvalue weighted by Crippen LogP contribution is -2.57. The highest BCUT2D eigenvalue weighted by molar-refractivity contribution is 5.95. The van der Waals surface area contributed by atoms with Crippen LogP contribution in [0.1, 0.15) is 30.9 Å². The Morgan fingerprint density at radius 2 is 1.28 bits per heavy atom. The minimum Gasteiger partial charge on any atom is -0.481 e. The lowest BCUT2D eigenvalue weighted by Gasteiger charge is -2.23. The Balaban J connectivity index is 1.48. The average Bonchev–Trinajstić information content (AvgIpc) is 3.58. The molecule has 0 aliphatic heterocycles. The summed E-state index contributed by atoms with van der Waals surface area (Å²) in [6, 6.07) is 10.3. The first-order valence-electron chi connectivity index (χ1n) is 13.7. The van der Waals surface area contributed by atoms with Crippen molar-refractivity contribution in [3.63, 3.8) is 0 Å². The predicted octanol–water partition coefficient (Wildman–Crippen LogP) is 1.19. The molecule has 43 heavy (non-hydrogen) atoms. The van der Waals surface area contributed by atoms with E-state index in [-0.39, 0.29) is 19.3 Å². The standard InChI is InChI=1S/C30H34N6O7/c1-16(27(39)35-24(30(42)43)10-11-26(37)38)34-29(41)25(13-18-15-33-23-9-5-3-7-20(18)23)36-28(40)21(31)12-17-14-32-22-8-4-2-6-19(17)22/h2-9,14-16,21,24-25,32-33H,10-13,31H2,1H3,(H,34,41)(H,35,39)(H,36,40)(H,37,38)(H,42,43). The van der Waals surface area contributed by atoms with Gasteiger partial charge in [-0.2, -0.15) is 0 Å². The number of fused-ring (bicyclic) bond motifs is 2. The van der Waals surface area contributed by atoms with Crippen molar-refractivity contribution in [2.24, 2.45) is 5.73 Å². The number of carboxylic acid groups (broad SMARTS) is 2. The van der Waals surface area contributed by atoms with Crippen LogP contribution in [0.25, 0.3) is 21.8 Å². The summed E-state index contributed by atoms with van der Waals surface area (Å²) in [6.45, 7) is 1.36. The van der Waals surface area contributed by atoms with Gasteiger partial charge < -0.3 is 41.9 Å². The SMILES string of the molecule is CC(NC(=O)C(Cc1c[nH]c2ccccc12)NC(=O)C(N)Cc1c[nH]c2ccccc12)C(=O)NC(CCC(=O)O)C(=O)O. The van der Waals surface area contributed by atoms with Gasteiger partial charge in [0.15, 0.2) is 0 Å². The van der Waals surface area contributed by atoms with Gasteiger partial charge in [0, 0.05) is 47.0 Å². The minimum absolute atomic E-state index is 0.0755. The number of rotatable bonds is 14. The summed E-state index contributed by atoms with van der Waals surface area (Å²) in [7, 11) is 0. The first-order valence-corrected chi connectivity index (χ1v) is 13.7. The fourth-order valence-electron chi connectivity index (χ4n) is 4.84. The molecule has 0 saturated carbocycles. The predicted molar refractivity (Wildman–Crippen MR) is 158 cm³/mol. The molecule has 0 fully saturated rings. The fourth-order valence-corrected chi connectivity index (χ4v) is 4.84. The number of aromatic amines is 2. The molecule has 4 rings (SSSR count). The molecule has 2 aromatic heterocycles. The zero-order chi connectivity index (χ0) is 31.1. The molecule has 0 aliphatic rings. The van der Waals surface area contributed by atoms with E-state index >= 15 is 0 Å². The van der Waals surface area contributed by atoms with E-state index in [0.717, 1.165) is 32.9 Å². The van der Waals surface area contributed by atoms with Crippen molar-refractivity contribution in [2.45, 2.75) is 56.8 Å². The van der Waals surface area contributed by atoms with Crippen LogP contribution in [0.4, 0.5) is 0 Å². The third-order valence-electron chi connectivity index (χ3n) is 7.20. The highest BCUT2D eigenvalue weighted by Gasteiger charge is 2.29. The Kier molecular flexibility index (Phi) is 9.78. The van der Waals surface area contributed by atoms with Crippen molar-refractivity contribution in [3.8, 4) is 0 Å². The molecule has 0 saturated heterocycles. The molecule has 2 aromatic carbocycles. The van der Waals surface area contributed by atoms with Crippen molar-refractivity contribution in [1.82, 2.24) is 25.9 Å². The first-order chi connectivity index (χ1) is 20.5. The number of H-pyrrole nitrogens is 2. The molecule has 226 valence electrons. The van der Waals surface area contributed by atoms with Crippen molar-refractivity contribution in [1.29, 1.82) is 0 Å². The summed E-state index contributed by atoms with van der Waals surface area (Å²) in [5.41, 5.74) is 9.61. The number of carbonyl (C=O) groups excluding carboxylic acids is 3. The Hall–Kier alpha value is -5.17.